The summed E-state index contributed by atoms with van der Waals surface area (Å²) in [7, 11) is 0. The van der Waals surface area contributed by atoms with E-state index in [1.54, 1.807) is 0 Å². The van der Waals surface area contributed by atoms with E-state index in [-0.39, 0.29) is 43.3 Å². The molecule has 0 unspecified atom stereocenters. The smallest absolute Gasteiger partial charge is 0.545 e. The zero-order valence-electron chi connectivity index (χ0n) is 4.23. The van der Waals surface area contributed by atoms with Crippen molar-refractivity contribution in [3.8, 4) is 0 Å². The largest absolute Gasteiger partial charge is 1.00 e. The quantitative estimate of drug-likeness (QED) is 0.331. The molecule has 0 amide bonds. The van der Waals surface area contributed by atoms with Crippen molar-refractivity contribution >= 4 is 43.7 Å². The number of hydrogen-bond donors (Lipinski definition) is 0. The maximum absolute atomic E-state index is 9.49. The maximum Gasteiger partial charge on any atom is 1.00 e. The Bertz CT molecular complexity index is 75.7. The van der Waals surface area contributed by atoms with Crippen LogP contribution >= 0.6 is 0 Å². The van der Waals surface area contributed by atoms with E-state index in [2.05, 4.69) is 6.58 Å². The van der Waals surface area contributed by atoms with Crippen LogP contribution in [0, 0.1) is 0 Å². The number of carbonyl (C=O) groups is 1. The molecule has 0 fully saturated rings. The van der Waals surface area contributed by atoms with Crippen molar-refractivity contribution in [1.29, 1.82) is 0 Å². The molecule has 0 aromatic carbocycles. The summed E-state index contributed by atoms with van der Waals surface area (Å²) in [5.74, 6) is -1.19. The Balaban J connectivity index is 0. The van der Waals surface area contributed by atoms with Gasteiger partial charge in [-0.1, -0.05) is 6.58 Å². The fourth-order valence-electron chi connectivity index (χ4n) is 0. The van der Waals surface area contributed by atoms with Gasteiger partial charge in [-0.15, -0.1) is 0 Å². The molecule has 0 aliphatic rings. The average Bonchev–Trinajstić information content (AvgIpc) is 1.36. The molecule has 0 bridgehead atoms. The number of carbonyl (C=O) groups excluding carboxylic acids is 1. The van der Waals surface area contributed by atoms with Gasteiger partial charge < -0.3 is 9.90 Å². The Labute approximate surface area is 72.2 Å². The molecule has 35 valence electrons. The van der Waals surface area contributed by atoms with Gasteiger partial charge in [-0.25, -0.2) is 0 Å². The van der Waals surface area contributed by atoms with Crippen LogP contribution in [-0.4, -0.2) is 43.7 Å². The standard InChI is InChI=1S/C4H6O2.Ca/c1-3(2)4(5)6;/h1H2,2H3,(H,5,6);/q;+1/p-1. The Kier molecular flexibility index (Phi) is 6.90. The van der Waals surface area contributed by atoms with Gasteiger partial charge in [0, 0.05) is 0 Å². The fourth-order valence-corrected chi connectivity index (χ4v) is 0. The van der Waals surface area contributed by atoms with Crippen molar-refractivity contribution in [3.05, 3.63) is 12.2 Å². The van der Waals surface area contributed by atoms with E-state index in [4.69, 9.17) is 0 Å². The summed E-state index contributed by atoms with van der Waals surface area (Å²) in [6.07, 6.45) is 0. The molecule has 0 aliphatic carbocycles. The van der Waals surface area contributed by atoms with Crippen LogP contribution < -0.4 is 5.11 Å². The average molecular weight is 125 g/mol. The van der Waals surface area contributed by atoms with E-state index in [0.29, 0.717) is 0 Å². The number of carboxylic acids is 1. The van der Waals surface area contributed by atoms with Crippen LogP contribution in [0.25, 0.3) is 0 Å². The molecule has 7 heavy (non-hydrogen) atoms. The number of aliphatic carboxylic acids is 1. The maximum atomic E-state index is 9.49. The molecule has 0 saturated carbocycles. The van der Waals surface area contributed by atoms with Crippen molar-refractivity contribution in [2.75, 3.05) is 0 Å². The van der Waals surface area contributed by atoms with Crippen LogP contribution in [0.2, 0.25) is 0 Å². The summed E-state index contributed by atoms with van der Waals surface area (Å²) in [5.41, 5.74) is 0.0648. The van der Waals surface area contributed by atoms with Crippen molar-refractivity contribution in [1.82, 2.24) is 0 Å². The Hall–Kier alpha value is 0.470. The summed E-state index contributed by atoms with van der Waals surface area (Å²) in [4.78, 5) is 9.49. The molecule has 0 saturated heterocycles. The first kappa shape index (κ1) is 10.5. The summed E-state index contributed by atoms with van der Waals surface area (Å²) in [6.45, 7) is 4.48. The van der Waals surface area contributed by atoms with Gasteiger partial charge in [-0.05, 0) is 12.5 Å². The minimum Gasteiger partial charge on any atom is -0.545 e. The van der Waals surface area contributed by atoms with Crippen molar-refractivity contribution in [2.45, 2.75) is 6.92 Å². The first-order valence-corrected chi connectivity index (χ1v) is 1.51. The third-order valence-corrected chi connectivity index (χ3v) is 0.348. The van der Waals surface area contributed by atoms with Crippen LogP contribution in [0.5, 0.6) is 0 Å². The van der Waals surface area contributed by atoms with Gasteiger partial charge in [0.05, 0.1) is 5.97 Å². The van der Waals surface area contributed by atoms with Crippen LogP contribution in [0.3, 0.4) is 0 Å². The second-order valence-electron chi connectivity index (χ2n) is 1.07. The van der Waals surface area contributed by atoms with E-state index >= 15 is 0 Å². The molecule has 0 spiro atoms. The molecule has 0 rings (SSSR count). The minimum atomic E-state index is -1.19. The van der Waals surface area contributed by atoms with Crippen molar-refractivity contribution < 1.29 is 9.90 Å². The normalized spacial score (nSPS) is 6.43. The molecule has 0 atom stereocenters. The first-order chi connectivity index (χ1) is 2.64. The third-order valence-electron chi connectivity index (χ3n) is 0.348. The van der Waals surface area contributed by atoms with Gasteiger partial charge in [0.2, 0.25) is 0 Å². The number of hydrogen-bond acceptors (Lipinski definition) is 2. The Morgan fingerprint density at radius 3 is 1.86 bits per heavy atom. The van der Waals surface area contributed by atoms with Gasteiger partial charge in [-0.2, -0.15) is 0 Å². The van der Waals surface area contributed by atoms with Crippen molar-refractivity contribution in [3.63, 3.8) is 0 Å². The SMILES string of the molecule is C=C(C)C(=O)[O-].[Ca+]. The topological polar surface area (TPSA) is 40.1 Å². The predicted octanol–water partition coefficient (Wildman–Crippen LogP) is -1.07. The minimum absolute atomic E-state index is 0. The molecule has 0 aromatic heterocycles. The molecule has 0 aromatic rings. The summed E-state index contributed by atoms with van der Waals surface area (Å²) >= 11 is 0. The van der Waals surface area contributed by atoms with E-state index in [1.165, 1.54) is 6.92 Å². The summed E-state index contributed by atoms with van der Waals surface area (Å²) < 4.78 is 0. The summed E-state index contributed by atoms with van der Waals surface area (Å²) in [5, 5.41) is 9.49. The molecular formula is C4H5CaO2. The Morgan fingerprint density at radius 2 is 1.86 bits per heavy atom. The second kappa shape index (κ2) is 4.62. The van der Waals surface area contributed by atoms with Gasteiger partial charge in [0.25, 0.3) is 0 Å². The van der Waals surface area contributed by atoms with Crippen LogP contribution in [0.4, 0.5) is 0 Å². The zero-order chi connectivity index (χ0) is 5.15. The predicted molar refractivity (Wildman–Crippen MR) is 25.6 cm³/mol. The fraction of sp³-hybridized carbons (Fsp3) is 0.250. The zero-order valence-corrected chi connectivity index (χ0v) is 6.44. The van der Waals surface area contributed by atoms with E-state index in [0.717, 1.165) is 0 Å². The van der Waals surface area contributed by atoms with Crippen LogP contribution in [-0.2, 0) is 4.79 Å². The van der Waals surface area contributed by atoms with Crippen molar-refractivity contribution in [2.24, 2.45) is 0 Å². The first-order valence-electron chi connectivity index (χ1n) is 1.51. The van der Waals surface area contributed by atoms with Gasteiger partial charge in [-0.3, -0.25) is 0 Å². The third kappa shape index (κ3) is 6.47. The van der Waals surface area contributed by atoms with E-state index < -0.39 is 5.97 Å². The van der Waals surface area contributed by atoms with Gasteiger partial charge in [0.15, 0.2) is 0 Å². The van der Waals surface area contributed by atoms with E-state index in [9.17, 15) is 9.90 Å². The Morgan fingerprint density at radius 1 is 1.71 bits per heavy atom. The molecule has 3 heteroatoms. The summed E-state index contributed by atoms with van der Waals surface area (Å²) in [6, 6.07) is 0. The van der Waals surface area contributed by atoms with Crippen LogP contribution in [0.1, 0.15) is 6.92 Å². The molecular weight excluding hydrogens is 120 g/mol. The number of carboxylic acid groups (broad SMARTS) is 1. The van der Waals surface area contributed by atoms with E-state index in [1.807, 2.05) is 0 Å². The molecule has 2 nitrogen and oxygen atoms in total. The van der Waals surface area contributed by atoms with Gasteiger partial charge in [0.1, 0.15) is 0 Å². The molecule has 0 N–H and O–H groups in total. The number of rotatable bonds is 1. The monoisotopic (exact) mass is 125 g/mol. The molecule has 1 radical (unpaired) electrons. The molecule has 0 aliphatic heterocycles. The van der Waals surface area contributed by atoms with Gasteiger partial charge >= 0.3 is 37.7 Å². The van der Waals surface area contributed by atoms with Crippen LogP contribution in [0.15, 0.2) is 12.2 Å². The molecule has 0 heterocycles. The second-order valence-corrected chi connectivity index (χ2v) is 1.07.